The minimum absolute atomic E-state index is 0.137. The molecule has 0 aromatic rings. The summed E-state index contributed by atoms with van der Waals surface area (Å²) in [6.07, 6.45) is 3.66. The van der Waals surface area contributed by atoms with Crippen LogP contribution in [-0.4, -0.2) is 12.2 Å². The molecule has 0 unspecified atom stereocenters. The first-order valence-electron chi connectivity index (χ1n) is 4.52. The molecule has 0 spiro atoms. The third kappa shape index (κ3) is 2.05. The fourth-order valence-corrected chi connectivity index (χ4v) is 1.58. The third-order valence-electron chi connectivity index (χ3n) is 2.37. The molecule has 0 aliphatic heterocycles. The van der Waals surface area contributed by atoms with Crippen molar-refractivity contribution < 1.29 is 9.84 Å². The first-order chi connectivity index (χ1) is 6.50. The number of rotatable bonds is 2. The lowest BCUT2D eigenvalue weighted by Crippen LogP contribution is -2.05. The summed E-state index contributed by atoms with van der Waals surface area (Å²) in [5.41, 5.74) is 1.13. The summed E-state index contributed by atoms with van der Waals surface area (Å²) in [6.45, 7) is 4.24. The van der Waals surface area contributed by atoms with E-state index in [4.69, 9.17) is 5.39 Å². The van der Waals surface area contributed by atoms with Crippen molar-refractivity contribution in [2.75, 3.05) is 7.11 Å². The molecule has 0 bridgehead atoms. The van der Waals surface area contributed by atoms with Crippen molar-refractivity contribution in [2.24, 2.45) is 5.41 Å². The molecule has 4 nitrogen and oxygen atoms in total. The van der Waals surface area contributed by atoms with Gasteiger partial charge in [0.2, 0.25) is 5.39 Å². The van der Waals surface area contributed by atoms with Crippen molar-refractivity contribution in [3.05, 3.63) is 28.3 Å². The van der Waals surface area contributed by atoms with Gasteiger partial charge in [-0.1, -0.05) is 19.9 Å². The highest BCUT2D eigenvalue weighted by Crippen LogP contribution is 2.40. The highest BCUT2D eigenvalue weighted by molar-refractivity contribution is 5.38. The predicted octanol–water partition coefficient (Wildman–Crippen LogP) is 2.96. The normalized spacial score (nSPS) is 20.9. The number of allylic oxidation sites excluding steroid dienone is 2. The molecule has 0 atom stereocenters. The Morgan fingerprint density at radius 1 is 1.64 bits per heavy atom. The summed E-state index contributed by atoms with van der Waals surface area (Å²) >= 11 is 0. The third-order valence-corrected chi connectivity index (χ3v) is 2.37. The largest absolute Gasteiger partial charge is 0.475 e. The number of hydrogen-bond acceptors (Lipinski definition) is 3. The number of methoxy groups -OCH3 is 1. The highest BCUT2D eigenvalue weighted by atomic mass is 16.6. The Bertz CT molecular complexity index is 335. The Morgan fingerprint density at radius 3 is 2.64 bits per heavy atom. The highest BCUT2D eigenvalue weighted by Gasteiger charge is 2.35. The van der Waals surface area contributed by atoms with Gasteiger partial charge in [-0.05, 0) is 18.3 Å². The molecule has 1 N–H and O–H groups in total. The smallest absolute Gasteiger partial charge is 0.466 e. The van der Waals surface area contributed by atoms with Gasteiger partial charge in [-0.3, -0.25) is 0 Å². The Morgan fingerprint density at radius 2 is 2.29 bits per heavy atom. The summed E-state index contributed by atoms with van der Waals surface area (Å²) in [6, 6.07) is 0. The van der Waals surface area contributed by atoms with Gasteiger partial charge in [-0.25, -0.2) is 0 Å². The fourth-order valence-electron chi connectivity index (χ4n) is 1.58. The quantitative estimate of drug-likeness (QED) is 0.544. The topological polar surface area (TPSA) is 57.6 Å². The van der Waals surface area contributed by atoms with Crippen LogP contribution in [0.15, 0.2) is 23.3 Å². The van der Waals surface area contributed by atoms with Crippen molar-refractivity contribution in [3.63, 3.8) is 0 Å². The van der Waals surface area contributed by atoms with Crippen molar-refractivity contribution >= 4 is 0 Å². The molecule has 1 aliphatic rings. The van der Waals surface area contributed by atoms with E-state index in [0.29, 0.717) is 0 Å². The molecule has 0 radical (unpaired) electrons. The maximum absolute atomic E-state index is 9.31. The molecule has 76 valence electrons. The Hall–Kier alpha value is -1.50. The van der Waals surface area contributed by atoms with Gasteiger partial charge in [-0.2, -0.15) is 0 Å². The number of diazo groups is 1. The standard InChI is InChI=1S/C10H14N2O2/c1-10(2)5-4-7(6-10)8(12-11)9(13)14-3/h4H,5-6H2,1-3H3/p+1/b9-8+. The average Bonchev–Trinajstić information content (AvgIpc) is 2.47. The molecule has 0 heterocycles. The molecule has 0 aromatic heterocycles. The van der Waals surface area contributed by atoms with E-state index in [9.17, 15) is 5.11 Å². The number of hydrogen-bond donors (Lipinski definition) is 1. The van der Waals surface area contributed by atoms with E-state index >= 15 is 0 Å². The van der Waals surface area contributed by atoms with E-state index in [1.807, 2.05) is 6.08 Å². The fraction of sp³-hybridized carbons (Fsp3) is 0.600. The second-order valence-electron chi connectivity index (χ2n) is 4.23. The molecule has 0 fully saturated rings. The molecule has 0 amide bonds. The summed E-state index contributed by atoms with van der Waals surface area (Å²) in [5, 5.41) is 18.1. The second-order valence-corrected chi connectivity index (χ2v) is 4.23. The molecule has 1 rings (SSSR count). The first kappa shape index (κ1) is 10.6. The van der Waals surface area contributed by atoms with Crippen LogP contribution in [0.5, 0.6) is 0 Å². The van der Waals surface area contributed by atoms with E-state index < -0.39 is 0 Å². The molecular formula is C10H15N2O2+. The number of ether oxygens (including phenoxy) is 1. The average molecular weight is 195 g/mol. The maximum atomic E-state index is 9.31. The van der Waals surface area contributed by atoms with Crippen molar-refractivity contribution in [1.82, 2.24) is 0 Å². The van der Waals surface area contributed by atoms with Gasteiger partial charge in [0.05, 0.1) is 12.7 Å². The van der Waals surface area contributed by atoms with Crippen molar-refractivity contribution in [1.29, 1.82) is 5.39 Å². The predicted molar refractivity (Wildman–Crippen MR) is 52.8 cm³/mol. The summed E-state index contributed by atoms with van der Waals surface area (Å²) < 4.78 is 4.62. The Balaban J connectivity index is 2.92. The van der Waals surface area contributed by atoms with Gasteiger partial charge < -0.3 is 9.84 Å². The lowest BCUT2D eigenvalue weighted by atomic mass is 9.89. The van der Waals surface area contributed by atoms with Gasteiger partial charge in [-0.15, -0.1) is 0 Å². The minimum atomic E-state index is -0.337. The van der Waals surface area contributed by atoms with Crippen LogP contribution in [0, 0.1) is 10.8 Å². The van der Waals surface area contributed by atoms with E-state index in [0.717, 1.165) is 18.4 Å². The molecule has 0 saturated heterocycles. The molecular weight excluding hydrogens is 180 g/mol. The van der Waals surface area contributed by atoms with E-state index in [-0.39, 0.29) is 17.1 Å². The van der Waals surface area contributed by atoms with Gasteiger partial charge in [0, 0.05) is 0 Å². The monoisotopic (exact) mass is 195 g/mol. The van der Waals surface area contributed by atoms with E-state index in [1.54, 1.807) is 0 Å². The van der Waals surface area contributed by atoms with Crippen LogP contribution in [-0.2, 0) is 4.74 Å². The zero-order valence-electron chi connectivity index (χ0n) is 8.74. The Kier molecular flexibility index (Phi) is 2.80. The lowest BCUT2D eigenvalue weighted by molar-refractivity contribution is 0.133. The van der Waals surface area contributed by atoms with Crippen LogP contribution in [0.4, 0.5) is 0 Å². The lowest BCUT2D eigenvalue weighted by Gasteiger charge is -2.15. The zero-order valence-corrected chi connectivity index (χ0v) is 8.74. The van der Waals surface area contributed by atoms with Gasteiger partial charge in [0.25, 0.3) is 0 Å². The summed E-state index contributed by atoms with van der Waals surface area (Å²) in [4.78, 5) is 3.04. The first-order valence-corrected chi connectivity index (χ1v) is 4.52. The van der Waals surface area contributed by atoms with E-state index in [1.165, 1.54) is 7.11 Å². The molecule has 0 saturated carbocycles. The van der Waals surface area contributed by atoms with Crippen LogP contribution in [0.25, 0.3) is 4.98 Å². The minimum Gasteiger partial charge on any atom is -0.475 e. The second kappa shape index (κ2) is 3.70. The Labute approximate surface area is 83.5 Å². The van der Waals surface area contributed by atoms with Gasteiger partial charge >= 0.3 is 11.6 Å². The van der Waals surface area contributed by atoms with Gasteiger partial charge in [0.1, 0.15) is 0 Å². The summed E-state index contributed by atoms with van der Waals surface area (Å²) in [7, 11) is 1.33. The molecule has 1 aliphatic carbocycles. The summed E-state index contributed by atoms with van der Waals surface area (Å²) in [5.74, 6) is -0.337. The number of nitrogens with zero attached hydrogens (tertiary/aromatic N) is 2. The molecule has 14 heavy (non-hydrogen) atoms. The van der Waals surface area contributed by atoms with Crippen LogP contribution in [0.1, 0.15) is 26.7 Å². The number of aliphatic hydroxyl groups is 1. The number of aliphatic hydroxyl groups excluding tert-OH is 1. The van der Waals surface area contributed by atoms with Crippen molar-refractivity contribution in [3.8, 4) is 0 Å². The SMILES string of the molecule is CO/C(O)=C(/[N+]#N)C1=CCC(C)(C)C1. The molecule has 0 aromatic carbocycles. The maximum Gasteiger partial charge on any atom is 0.466 e. The molecule has 4 heteroatoms. The van der Waals surface area contributed by atoms with Crippen LogP contribution in [0.2, 0.25) is 0 Å². The van der Waals surface area contributed by atoms with Gasteiger partial charge in [0.15, 0.2) is 4.98 Å². The van der Waals surface area contributed by atoms with Crippen LogP contribution >= 0.6 is 0 Å². The van der Waals surface area contributed by atoms with E-state index in [2.05, 4.69) is 23.6 Å². The van der Waals surface area contributed by atoms with Crippen LogP contribution in [0.3, 0.4) is 0 Å². The zero-order chi connectivity index (χ0) is 10.8. The van der Waals surface area contributed by atoms with Crippen molar-refractivity contribution in [2.45, 2.75) is 26.7 Å². The van der Waals surface area contributed by atoms with Crippen LogP contribution < -0.4 is 0 Å².